The number of rotatable bonds is 4. The fourth-order valence-corrected chi connectivity index (χ4v) is 4.07. The first-order valence-corrected chi connectivity index (χ1v) is 9.67. The molecule has 5 nitrogen and oxygen atoms in total. The van der Waals surface area contributed by atoms with Crippen molar-refractivity contribution < 1.29 is 14.4 Å². The Morgan fingerprint density at radius 3 is 2.59 bits per heavy atom. The second-order valence-electron chi connectivity index (χ2n) is 7.09. The molecule has 3 rings (SSSR count). The van der Waals surface area contributed by atoms with Crippen molar-refractivity contribution >= 4 is 29.3 Å². The third kappa shape index (κ3) is 3.99. The van der Waals surface area contributed by atoms with Gasteiger partial charge < -0.3 is 14.5 Å². The summed E-state index contributed by atoms with van der Waals surface area (Å²) in [5.74, 6) is 0.954. The van der Waals surface area contributed by atoms with Crippen LogP contribution in [0.2, 0.25) is 10.0 Å². The van der Waals surface area contributed by atoms with Crippen molar-refractivity contribution in [2.24, 2.45) is 0 Å². The lowest BCUT2D eigenvalue weighted by molar-refractivity contribution is 0.134. The molecule has 1 aliphatic heterocycles. The van der Waals surface area contributed by atoms with Gasteiger partial charge in [0.25, 0.3) is 0 Å². The smallest absolute Gasteiger partial charge is 0.407 e. The summed E-state index contributed by atoms with van der Waals surface area (Å²) < 4.78 is 5.65. The maximum atomic E-state index is 11.3. The van der Waals surface area contributed by atoms with Crippen molar-refractivity contribution in [3.63, 3.8) is 0 Å². The number of halogens is 2. The fourth-order valence-electron chi connectivity index (χ4n) is 3.49. The van der Waals surface area contributed by atoms with E-state index in [2.05, 4.69) is 5.16 Å². The molecule has 0 spiro atoms. The molecule has 27 heavy (non-hydrogen) atoms. The summed E-state index contributed by atoms with van der Waals surface area (Å²) in [5, 5.41) is 14.6. The molecule has 0 bridgehead atoms. The Balaban J connectivity index is 2.02. The van der Waals surface area contributed by atoms with Gasteiger partial charge in [0.05, 0.1) is 16.1 Å². The maximum Gasteiger partial charge on any atom is 0.407 e. The number of hydrogen-bond acceptors (Lipinski definition) is 3. The van der Waals surface area contributed by atoms with E-state index in [9.17, 15) is 9.90 Å². The molecular formula is C20H22Cl2N2O3. The Hall–Kier alpha value is -1.98. The van der Waals surface area contributed by atoms with E-state index in [0.717, 1.165) is 16.9 Å². The van der Waals surface area contributed by atoms with Gasteiger partial charge in [0.1, 0.15) is 11.5 Å². The molecule has 2 aromatic rings. The quantitative estimate of drug-likeness (QED) is 0.628. The van der Waals surface area contributed by atoms with Gasteiger partial charge in [-0.1, -0.05) is 59.9 Å². The second kappa shape index (κ2) is 7.95. The van der Waals surface area contributed by atoms with Gasteiger partial charge in [0.2, 0.25) is 0 Å². The normalized spacial score (nSPS) is 17.3. The molecule has 1 atom stereocenters. The molecule has 1 aromatic carbocycles. The highest BCUT2D eigenvalue weighted by atomic mass is 35.5. The van der Waals surface area contributed by atoms with Crippen LogP contribution in [0.1, 0.15) is 44.4 Å². The van der Waals surface area contributed by atoms with Crippen molar-refractivity contribution in [2.45, 2.75) is 45.6 Å². The van der Waals surface area contributed by atoms with Crippen LogP contribution in [0.5, 0.6) is 0 Å². The first-order chi connectivity index (χ1) is 12.8. The highest BCUT2D eigenvalue weighted by Crippen LogP contribution is 2.39. The number of nitrogens with zero attached hydrogens (tertiary/aromatic N) is 2. The predicted molar refractivity (Wildman–Crippen MR) is 107 cm³/mol. The molecule has 0 saturated carbocycles. The van der Waals surface area contributed by atoms with Crippen molar-refractivity contribution in [1.29, 1.82) is 0 Å². The van der Waals surface area contributed by atoms with Crippen molar-refractivity contribution in [3.8, 4) is 11.3 Å². The zero-order valence-corrected chi connectivity index (χ0v) is 17.0. The molecule has 0 radical (unpaired) electrons. The van der Waals surface area contributed by atoms with Crippen molar-refractivity contribution in [3.05, 3.63) is 51.2 Å². The van der Waals surface area contributed by atoms with Gasteiger partial charge in [-0.15, -0.1) is 0 Å². The summed E-state index contributed by atoms with van der Waals surface area (Å²) in [7, 11) is 0. The van der Waals surface area contributed by atoms with Crippen LogP contribution >= 0.6 is 23.2 Å². The summed E-state index contributed by atoms with van der Waals surface area (Å²) in [6, 6.07) is 5.19. The first-order valence-electron chi connectivity index (χ1n) is 8.91. The van der Waals surface area contributed by atoms with Crippen LogP contribution in [0.3, 0.4) is 0 Å². The summed E-state index contributed by atoms with van der Waals surface area (Å²) in [6.07, 6.45) is 2.42. The Morgan fingerprint density at radius 1 is 1.37 bits per heavy atom. The number of aromatic nitrogens is 1. The van der Waals surface area contributed by atoms with E-state index >= 15 is 0 Å². The van der Waals surface area contributed by atoms with Gasteiger partial charge in [0, 0.05) is 23.6 Å². The molecule has 1 aliphatic rings. The predicted octanol–water partition coefficient (Wildman–Crippen LogP) is 6.01. The zero-order valence-electron chi connectivity index (χ0n) is 15.5. The second-order valence-corrected chi connectivity index (χ2v) is 7.91. The van der Waals surface area contributed by atoms with Crippen LogP contribution in [-0.4, -0.2) is 33.8 Å². The van der Waals surface area contributed by atoms with Gasteiger partial charge in [-0.25, -0.2) is 4.79 Å². The highest BCUT2D eigenvalue weighted by Gasteiger charge is 2.27. The van der Waals surface area contributed by atoms with E-state index < -0.39 is 6.09 Å². The fraction of sp³-hybridized carbons (Fsp3) is 0.400. The molecular weight excluding hydrogens is 387 g/mol. The largest absolute Gasteiger partial charge is 0.465 e. The number of carbonyl (C=O) groups is 1. The molecule has 0 aliphatic carbocycles. The SMILES string of the molecule is CC(C)c1onc(-c2c(Cl)cccc2Cl)c1CC1=CC(C)N(C(=O)O)CC1. The summed E-state index contributed by atoms with van der Waals surface area (Å²) >= 11 is 12.8. The Kier molecular flexibility index (Phi) is 5.82. The molecule has 2 heterocycles. The monoisotopic (exact) mass is 408 g/mol. The van der Waals surface area contributed by atoms with Crippen LogP contribution < -0.4 is 0 Å². The maximum absolute atomic E-state index is 11.3. The molecule has 0 fully saturated rings. The zero-order chi connectivity index (χ0) is 19.7. The van der Waals surface area contributed by atoms with E-state index in [1.807, 2.05) is 26.8 Å². The van der Waals surface area contributed by atoms with E-state index in [0.29, 0.717) is 40.7 Å². The average Bonchev–Trinajstić information content (AvgIpc) is 2.98. The molecule has 1 amide bonds. The van der Waals surface area contributed by atoms with Crippen LogP contribution in [0.4, 0.5) is 4.79 Å². The van der Waals surface area contributed by atoms with E-state index in [1.165, 1.54) is 4.90 Å². The summed E-state index contributed by atoms with van der Waals surface area (Å²) in [4.78, 5) is 12.7. The third-order valence-corrected chi connectivity index (χ3v) is 5.46. The number of hydrogen-bond donors (Lipinski definition) is 1. The number of carboxylic acid groups (broad SMARTS) is 1. The van der Waals surface area contributed by atoms with E-state index in [4.69, 9.17) is 27.7 Å². The highest BCUT2D eigenvalue weighted by molar-refractivity contribution is 6.39. The number of amides is 1. The lowest BCUT2D eigenvalue weighted by atomic mass is 9.92. The van der Waals surface area contributed by atoms with Crippen LogP contribution in [0.15, 0.2) is 34.4 Å². The van der Waals surface area contributed by atoms with Gasteiger partial charge in [0.15, 0.2) is 0 Å². The molecule has 1 N–H and O–H groups in total. The molecule has 1 unspecified atom stereocenters. The molecule has 144 valence electrons. The Labute approximate surface area is 168 Å². The standard InChI is InChI=1S/C20H22Cl2N2O3/c1-11(2)19-14(10-13-7-8-24(20(25)26)12(3)9-13)18(23-27-19)17-15(21)5-4-6-16(17)22/h4-6,9,11-12H,7-8,10H2,1-3H3,(H,25,26). The van der Waals surface area contributed by atoms with E-state index in [-0.39, 0.29) is 12.0 Å². The lowest BCUT2D eigenvalue weighted by Gasteiger charge is -2.30. The van der Waals surface area contributed by atoms with Gasteiger partial charge in [-0.3, -0.25) is 0 Å². The van der Waals surface area contributed by atoms with Crippen LogP contribution in [0, 0.1) is 0 Å². The summed E-state index contributed by atoms with van der Waals surface area (Å²) in [5.41, 5.74) is 3.45. The molecule has 1 aromatic heterocycles. The molecule has 0 saturated heterocycles. The lowest BCUT2D eigenvalue weighted by Crippen LogP contribution is -2.40. The van der Waals surface area contributed by atoms with E-state index in [1.54, 1.807) is 18.2 Å². The minimum Gasteiger partial charge on any atom is -0.465 e. The van der Waals surface area contributed by atoms with Crippen LogP contribution in [0.25, 0.3) is 11.3 Å². The average molecular weight is 409 g/mol. The Bertz CT molecular complexity index is 869. The van der Waals surface area contributed by atoms with Crippen LogP contribution in [-0.2, 0) is 6.42 Å². The minimum atomic E-state index is -0.894. The number of benzene rings is 1. The third-order valence-electron chi connectivity index (χ3n) is 4.83. The first kappa shape index (κ1) is 19.8. The minimum absolute atomic E-state index is 0.152. The summed E-state index contributed by atoms with van der Waals surface area (Å²) in [6.45, 7) is 6.46. The van der Waals surface area contributed by atoms with Gasteiger partial charge >= 0.3 is 6.09 Å². The molecule has 7 heteroatoms. The van der Waals surface area contributed by atoms with Crippen molar-refractivity contribution in [2.75, 3.05) is 6.54 Å². The van der Waals surface area contributed by atoms with Crippen molar-refractivity contribution in [1.82, 2.24) is 10.1 Å². The van der Waals surface area contributed by atoms with Gasteiger partial charge in [-0.2, -0.15) is 0 Å². The van der Waals surface area contributed by atoms with Gasteiger partial charge in [-0.05, 0) is 31.9 Å². The Morgan fingerprint density at radius 2 is 2.04 bits per heavy atom. The topological polar surface area (TPSA) is 66.6 Å².